The maximum absolute atomic E-state index is 10.6. The zero-order valence-corrected chi connectivity index (χ0v) is 11.2. The smallest absolute Gasteiger partial charge is 0.103 e. The second-order valence-corrected chi connectivity index (χ2v) is 6.37. The molecule has 1 heterocycles. The van der Waals surface area contributed by atoms with Gasteiger partial charge in [0, 0.05) is 6.42 Å². The van der Waals surface area contributed by atoms with Crippen molar-refractivity contribution in [1.29, 1.82) is 0 Å². The van der Waals surface area contributed by atoms with Crippen molar-refractivity contribution in [3.05, 3.63) is 24.2 Å². The number of hydrogen-bond acceptors (Lipinski definition) is 2. The van der Waals surface area contributed by atoms with Gasteiger partial charge in [-0.1, -0.05) is 20.3 Å². The topological polar surface area (TPSA) is 33.4 Å². The third kappa shape index (κ3) is 2.74. The molecule has 0 radical (unpaired) electrons. The average Bonchev–Trinajstić information content (AvgIpc) is 2.67. The lowest BCUT2D eigenvalue weighted by Crippen LogP contribution is -2.47. The normalized spacial score (nSPS) is 32.6. The second-order valence-electron chi connectivity index (χ2n) is 6.37. The first-order valence-corrected chi connectivity index (χ1v) is 6.67. The Labute approximate surface area is 104 Å². The van der Waals surface area contributed by atoms with Gasteiger partial charge in [0.2, 0.25) is 0 Å². The molecule has 0 aromatic carbocycles. The maximum Gasteiger partial charge on any atom is 0.103 e. The van der Waals surface area contributed by atoms with Gasteiger partial charge >= 0.3 is 0 Å². The first kappa shape index (κ1) is 12.7. The van der Waals surface area contributed by atoms with Crippen LogP contribution in [0.25, 0.3) is 0 Å². The maximum atomic E-state index is 10.6. The Morgan fingerprint density at radius 1 is 1.35 bits per heavy atom. The molecule has 0 amide bonds. The predicted octanol–water partition coefficient (Wildman–Crippen LogP) is 3.79. The Balaban J connectivity index is 2.05. The molecule has 2 atom stereocenters. The molecule has 1 aromatic rings. The van der Waals surface area contributed by atoms with Crippen molar-refractivity contribution in [3.8, 4) is 0 Å². The molecule has 0 spiro atoms. The van der Waals surface area contributed by atoms with E-state index in [1.165, 1.54) is 6.42 Å². The van der Waals surface area contributed by atoms with Crippen LogP contribution in [0, 0.1) is 11.3 Å². The highest BCUT2D eigenvalue weighted by Gasteiger charge is 2.44. The fourth-order valence-electron chi connectivity index (χ4n) is 3.54. The van der Waals surface area contributed by atoms with Gasteiger partial charge in [-0.25, -0.2) is 0 Å². The van der Waals surface area contributed by atoms with Gasteiger partial charge in [-0.2, -0.15) is 0 Å². The molecule has 1 aliphatic carbocycles. The fraction of sp³-hybridized carbons (Fsp3) is 0.733. The molecule has 2 nitrogen and oxygen atoms in total. The summed E-state index contributed by atoms with van der Waals surface area (Å²) in [5, 5.41) is 10.6. The summed E-state index contributed by atoms with van der Waals surface area (Å²) in [5.41, 5.74) is -0.289. The molecule has 2 unspecified atom stereocenters. The van der Waals surface area contributed by atoms with Crippen LogP contribution >= 0.6 is 0 Å². The van der Waals surface area contributed by atoms with E-state index in [0.29, 0.717) is 5.92 Å². The van der Waals surface area contributed by atoms with E-state index < -0.39 is 5.60 Å². The van der Waals surface area contributed by atoms with Crippen LogP contribution in [0.5, 0.6) is 0 Å². The Kier molecular flexibility index (Phi) is 3.35. The first-order chi connectivity index (χ1) is 7.92. The van der Waals surface area contributed by atoms with E-state index >= 15 is 0 Å². The van der Waals surface area contributed by atoms with Gasteiger partial charge in [0.25, 0.3) is 0 Å². The highest BCUT2D eigenvalue weighted by atomic mass is 16.3. The highest BCUT2D eigenvalue weighted by molar-refractivity contribution is 5.01. The Morgan fingerprint density at radius 2 is 2.12 bits per heavy atom. The summed E-state index contributed by atoms with van der Waals surface area (Å²) in [6.45, 7) is 6.57. The van der Waals surface area contributed by atoms with Gasteiger partial charge in [-0.15, -0.1) is 0 Å². The van der Waals surface area contributed by atoms with E-state index in [9.17, 15) is 5.11 Å². The summed E-state index contributed by atoms with van der Waals surface area (Å²) in [4.78, 5) is 0. The summed E-state index contributed by atoms with van der Waals surface area (Å²) in [7, 11) is 0. The van der Waals surface area contributed by atoms with E-state index in [1.54, 1.807) is 6.26 Å². The van der Waals surface area contributed by atoms with E-state index in [2.05, 4.69) is 13.8 Å². The van der Waals surface area contributed by atoms with Crippen molar-refractivity contribution in [3.63, 3.8) is 0 Å². The lowest BCUT2D eigenvalue weighted by Gasteiger charge is -2.48. The van der Waals surface area contributed by atoms with Gasteiger partial charge in [-0.05, 0) is 49.7 Å². The van der Waals surface area contributed by atoms with Crippen LogP contribution in [0.4, 0.5) is 0 Å². The van der Waals surface area contributed by atoms with E-state index in [-0.39, 0.29) is 5.41 Å². The minimum Gasteiger partial charge on any atom is -0.469 e. The van der Waals surface area contributed by atoms with Gasteiger partial charge in [0.1, 0.15) is 5.76 Å². The van der Waals surface area contributed by atoms with Gasteiger partial charge in [-0.3, -0.25) is 0 Å². The summed E-state index contributed by atoms with van der Waals surface area (Å²) < 4.78 is 5.38. The highest BCUT2D eigenvalue weighted by Crippen LogP contribution is 2.48. The molecule has 1 N–H and O–H groups in total. The first-order valence-electron chi connectivity index (χ1n) is 6.67. The van der Waals surface area contributed by atoms with Crippen molar-refractivity contribution >= 4 is 0 Å². The third-order valence-electron chi connectivity index (χ3n) is 4.46. The molecule has 1 saturated carbocycles. The van der Waals surface area contributed by atoms with E-state index in [4.69, 9.17) is 4.42 Å². The molecule has 1 aromatic heterocycles. The van der Waals surface area contributed by atoms with Crippen molar-refractivity contribution < 1.29 is 9.52 Å². The number of aryl methyl sites for hydroxylation is 1. The van der Waals surface area contributed by atoms with E-state index in [0.717, 1.165) is 31.4 Å². The standard InChI is InChI=1S/C15H24O2/c1-14(2)9-5-10-15(3,16)13(14)8-7-12-6-4-11-17-12/h4,6,11,13,16H,5,7-10H2,1-3H3. The molecule has 0 bridgehead atoms. The van der Waals surface area contributed by atoms with Gasteiger partial charge in [0.05, 0.1) is 11.9 Å². The van der Waals surface area contributed by atoms with Crippen LogP contribution in [-0.2, 0) is 6.42 Å². The second kappa shape index (κ2) is 4.49. The number of aliphatic hydroxyl groups is 1. The van der Waals surface area contributed by atoms with Crippen LogP contribution in [0.1, 0.15) is 52.2 Å². The average molecular weight is 236 g/mol. The minimum absolute atomic E-state index is 0.230. The van der Waals surface area contributed by atoms with Crippen LogP contribution in [0.15, 0.2) is 22.8 Å². The largest absolute Gasteiger partial charge is 0.469 e. The Hall–Kier alpha value is -0.760. The summed E-state index contributed by atoms with van der Waals surface area (Å²) in [5.74, 6) is 1.39. The Bertz CT molecular complexity index is 333. The van der Waals surface area contributed by atoms with Crippen LogP contribution in [-0.4, -0.2) is 10.7 Å². The van der Waals surface area contributed by atoms with E-state index in [1.807, 2.05) is 19.1 Å². The van der Waals surface area contributed by atoms with Crippen LogP contribution in [0.2, 0.25) is 0 Å². The van der Waals surface area contributed by atoms with Crippen molar-refractivity contribution in [2.75, 3.05) is 0 Å². The summed E-state index contributed by atoms with van der Waals surface area (Å²) in [6, 6.07) is 3.95. The van der Waals surface area contributed by atoms with Crippen LogP contribution < -0.4 is 0 Å². The monoisotopic (exact) mass is 236 g/mol. The molecule has 96 valence electrons. The molecule has 0 saturated heterocycles. The lowest BCUT2D eigenvalue weighted by atomic mass is 9.60. The molecular weight excluding hydrogens is 212 g/mol. The van der Waals surface area contributed by atoms with Crippen molar-refractivity contribution in [2.45, 2.75) is 58.5 Å². The molecule has 1 fully saturated rings. The molecule has 17 heavy (non-hydrogen) atoms. The zero-order valence-electron chi connectivity index (χ0n) is 11.2. The van der Waals surface area contributed by atoms with Crippen molar-refractivity contribution in [1.82, 2.24) is 0 Å². The fourth-order valence-corrected chi connectivity index (χ4v) is 3.54. The SMILES string of the molecule is CC1(C)CCCC(C)(O)C1CCc1ccco1. The number of furan rings is 1. The molecule has 1 aliphatic rings. The Morgan fingerprint density at radius 3 is 2.71 bits per heavy atom. The van der Waals surface area contributed by atoms with Gasteiger partial charge < -0.3 is 9.52 Å². The lowest BCUT2D eigenvalue weighted by molar-refractivity contribution is -0.0922. The zero-order chi connectivity index (χ0) is 12.5. The molecule has 2 rings (SSSR count). The molecule has 0 aliphatic heterocycles. The minimum atomic E-state index is -0.520. The van der Waals surface area contributed by atoms with Gasteiger partial charge in [0.15, 0.2) is 0 Å². The molecular formula is C15H24O2. The predicted molar refractivity (Wildman–Crippen MR) is 68.8 cm³/mol. The quantitative estimate of drug-likeness (QED) is 0.866. The number of rotatable bonds is 3. The third-order valence-corrected chi connectivity index (χ3v) is 4.46. The summed E-state index contributed by atoms with van der Waals surface area (Å²) >= 11 is 0. The van der Waals surface area contributed by atoms with Crippen molar-refractivity contribution in [2.24, 2.45) is 11.3 Å². The molecule has 2 heteroatoms. The number of hydrogen-bond donors (Lipinski definition) is 1. The summed E-state index contributed by atoms with van der Waals surface area (Å²) in [6.07, 6.45) is 6.94. The van der Waals surface area contributed by atoms with Crippen LogP contribution in [0.3, 0.4) is 0 Å².